The summed E-state index contributed by atoms with van der Waals surface area (Å²) in [5.41, 5.74) is -0.861. The maximum atomic E-state index is 15.6. The third kappa shape index (κ3) is 7.07. The van der Waals surface area contributed by atoms with Crippen molar-refractivity contribution in [2.24, 2.45) is 5.41 Å². The number of cyclic esters (lactones) is 1. The zero-order chi connectivity index (χ0) is 35.3. The number of ether oxygens (including phenoxy) is 2. The van der Waals surface area contributed by atoms with Gasteiger partial charge in [-0.2, -0.15) is 26.3 Å². The van der Waals surface area contributed by atoms with Crippen LogP contribution >= 0.6 is 0 Å². The molecule has 5 nitrogen and oxygen atoms in total. The molecule has 256 valence electrons. The number of benzene rings is 3. The van der Waals surface area contributed by atoms with Crippen LogP contribution in [-0.2, 0) is 21.8 Å². The fourth-order valence-electron chi connectivity index (χ4n) is 6.59. The molecule has 1 amide bonds. The van der Waals surface area contributed by atoms with Crippen molar-refractivity contribution < 1.29 is 49.8 Å². The molecule has 2 atom stereocenters. The molecule has 1 aliphatic heterocycles. The molecule has 12 heteroatoms. The van der Waals surface area contributed by atoms with Crippen molar-refractivity contribution >= 4 is 17.6 Å². The number of nitrogens with zero attached hydrogens (tertiary/aromatic N) is 1. The molecule has 5 rings (SSSR count). The van der Waals surface area contributed by atoms with E-state index in [0.29, 0.717) is 42.0 Å². The van der Waals surface area contributed by atoms with Crippen LogP contribution in [-0.4, -0.2) is 36.7 Å². The van der Waals surface area contributed by atoms with E-state index in [1.807, 2.05) is 13.8 Å². The summed E-state index contributed by atoms with van der Waals surface area (Å²) in [5.74, 6) is -1.60. The summed E-state index contributed by atoms with van der Waals surface area (Å²) in [5, 5.41) is 0. The van der Waals surface area contributed by atoms with E-state index in [9.17, 15) is 35.9 Å². The predicted octanol–water partition coefficient (Wildman–Crippen LogP) is 10.2. The Bertz CT molecular complexity index is 1790. The minimum atomic E-state index is -4.84. The molecular weight excluding hydrogens is 643 g/mol. The molecular formula is C36H34F7NO4. The SMILES string of the molecule is COC(=O)c1ccc(-c2ccc(F)c(C3=C(CN4C(=O)O[C@H](c5cc(C)cc(C(F)(F)F)c5)[C@@H]4C)CC(C)(C)CC3)c2)c(C(F)(F)F)c1. The highest BCUT2D eigenvalue weighted by Crippen LogP contribution is 2.46. The summed E-state index contributed by atoms with van der Waals surface area (Å²) >= 11 is 0. The summed E-state index contributed by atoms with van der Waals surface area (Å²) in [6, 6.07) is 9.53. The number of esters is 1. The molecule has 2 aliphatic rings. The van der Waals surface area contributed by atoms with E-state index < -0.39 is 53.5 Å². The first kappa shape index (κ1) is 35.0. The highest BCUT2D eigenvalue weighted by atomic mass is 19.4. The zero-order valence-electron chi connectivity index (χ0n) is 26.9. The highest BCUT2D eigenvalue weighted by Gasteiger charge is 2.43. The standard InChI is InChI=1S/C36H34F7NO4/c1-19-12-23(14-25(13-19)35(38,39)40)31-20(2)44(33(46)48-31)18-24-17-34(3,4)11-10-26(24)28-15-21(7-9-30(28)37)27-8-6-22(32(45)47-5)16-29(27)36(41,42)43/h6-9,12-16,20,31H,10-11,17-18H2,1-5H3/t20-,31-/m0/s1. The van der Waals surface area contributed by atoms with Gasteiger partial charge >= 0.3 is 24.4 Å². The summed E-state index contributed by atoms with van der Waals surface area (Å²) in [6.45, 7) is 7.19. The molecule has 1 heterocycles. The van der Waals surface area contributed by atoms with Gasteiger partial charge in [-0.3, -0.25) is 4.90 Å². The van der Waals surface area contributed by atoms with E-state index in [0.717, 1.165) is 31.4 Å². The third-order valence-corrected chi connectivity index (χ3v) is 9.03. The first-order valence-electron chi connectivity index (χ1n) is 15.3. The first-order chi connectivity index (χ1) is 22.3. The zero-order valence-corrected chi connectivity index (χ0v) is 26.9. The van der Waals surface area contributed by atoms with Crippen molar-refractivity contribution in [1.82, 2.24) is 4.90 Å². The molecule has 0 bridgehead atoms. The monoisotopic (exact) mass is 677 g/mol. The van der Waals surface area contributed by atoms with E-state index in [2.05, 4.69) is 4.74 Å². The Morgan fingerprint density at radius 1 is 0.979 bits per heavy atom. The lowest BCUT2D eigenvalue weighted by Crippen LogP contribution is -2.35. The molecule has 48 heavy (non-hydrogen) atoms. The normalized spacial score (nSPS) is 19.8. The van der Waals surface area contributed by atoms with Crippen LogP contribution < -0.4 is 0 Å². The predicted molar refractivity (Wildman–Crippen MR) is 164 cm³/mol. The Kier molecular flexibility index (Phi) is 9.17. The van der Waals surface area contributed by atoms with Crippen molar-refractivity contribution in [3.8, 4) is 11.1 Å². The Balaban J connectivity index is 1.55. The molecule has 1 saturated heterocycles. The average molecular weight is 678 g/mol. The number of allylic oxidation sites excluding steroid dienone is 1. The number of methoxy groups -OCH3 is 1. The third-order valence-electron chi connectivity index (χ3n) is 9.03. The average Bonchev–Trinajstić information content (AvgIpc) is 3.28. The summed E-state index contributed by atoms with van der Waals surface area (Å²) in [4.78, 5) is 26.6. The van der Waals surface area contributed by atoms with Crippen molar-refractivity contribution in [2.75, 3.05) is 13.7 Å². The number of hydrogen-bond donors (Lipinski definition) is 0. The molecule has 1 fully saturated rings. The topological polar surface area (TPSA) is 55.8 Å². The van der Waals surface area contributed by atoms with Crippen molar-refractivity contribution in [3.05, 3.63) is 99.4 Å². The molecule has 0 aromatic heterocycles. The largest absolute Gasteiger partial charge is 0.465 e. The van der Waals surface area contributed by atoms with Crippen molar-refractivity contribution in [1.29, 1.82) is 0 Å². The van der Waals surface area contributed by atoms with Crippen molar-refractivity contribution in [2.45, 2.75) is 71.5 Å². The van der Waals surface area contributed by atoms with Crippen LogP contribution in [0.1, 0.15) is 84.3 Å². The van der Waals surface area contributed by atoms with Gasteiger partial charge in [0.2, 0.25) is 0 Å². The van der Waals surface area contributed by atoms with Crippen LogP contribution in [0.15, 0.2) is 60.2 Å². The van der Waals surface area contributed by atoms with Gasteiger partial charge in [-0.05, 0) is 103 Å². The smallest absolute Gasteiger partial charge is 0.417 e. The van der Waals surface area contributed by atoms with Gasteiger partial charge in [-0.25, -0.2) is 14.0 Å². The Hall–Kier alpha value is -4.35. The van der Waals surface area contributed by atoms with E-state index >= 15 is 4.39 Å². The maximum Gasteiger partial charge on any atom is 0.417 e. The Morgan fingerprint density at radius 2 is 1.69 bits per heavy atom. The Morgan fingerprint density at radius 3 is 2.33 bits per heavy atom. The fraction of sp³-hybridized carbons (Fsp3) is 0.389. The van der Waals surface area contributed by atoms with Gasteiger partial charge in [0.25, 0.3) is 0 Å². The number of aryl methyl sites for hydroxylation is 1. The number of halogens is 7. The number of rotatable bonds is 6. The van der Waals surface area contributed by atoms with E-state index in [1.54, 1.807) is 6.92 Å². The number of alkyl halides is 6. The van der Waals surface area contributed by atoms with Crippen LogP contribution in [0, 0.1) is 18.2 Å². The first-order valence-corrected chi connectivity index (χ1v) is 15.3. The van der Waals surface area contributed by atoms with Crippen LogP contribution in [0.3, 0.4) is 0 Å². The lowest BCUT2D eigenvalue weighted by molar-refractivity contribution is -0.138. The summed E-state index contributed by atoms with van der Waals surface area (Å²) in [6.07, 6.45) is -9.75. The molecule has 0 radical (unpaired) electrons. The molecule has 0 N–H and O–H groups in total. The maximum absolute atomic E-state index is 15.6. The molecule has 3 aromatic rings. The molecule has 1 aliphatic carbocycles. The van der Waals surface area contributed by atoms with E-state index in [1.165, 1.54) is 36.1 Å². The van der Waals surface area contributed by atoms with Crippen LogP contribution in [0.2, 0.25) is 0 Å². The highest BCUT2D eigenvalue weighted by molar-refractivity contribution is 5.91. The lowest BCUT2D eigenvalue weighted by Gasteiger charge is -2.35. The van der Waals surface area contributed by atoms with Gasteiger partial charge in [0.05, 0.1) is 29.8 Å². The number of amides is 1. The van der Waals surface area contributed by atoms with Crippen molar-refractivity contribution in [3.63, 3.8) is 0 Å². The minimum absolute atomic E-state index is 0.0154. The summed E-state index contributed by atoms with van der Waals surface area (Å²) < 4.78 is 109. The van der Waals surface area contributed by atoms with Gasteiger partial charge in [-0.15, -0.1) is 0 Å². The van der Waals surface area contributed by atoms with Crippen LogP contribution in [0.25, 0.3) is 16.7 Å². The molecule has 0 unspecified atom stereocenters. The fourth-order valence-corrected chi connectivity index (χ4v) is 6.59. The summed E-state index contributed by atoms with van der Waals surface area (Å²) in [7, 11) is 1.06. The van der Waals surface area contributed by atoms with Crippen LogP contribution in [0.5, 0.6) is 0 Å². The van der Waals surface area contributed by atoms with Gasteiger partial charge in [0, 0.05) is 12.1 Å². The Labute approximate surface area is 273 Å². The molecule has 3 aromatic carbocycles. The quantitative estimate of drug-likeness (QED) is 0.193. The van der Waals surface area contributed by atoms with E-state index in [-0.39, 0.29) is 39.8 Å². The van der Waals surface area contributed by atoms with Gasteiger partial charge in [0.1, 0.15) is 11.9 Å². The number of carbonyl (C=O) groups excluding carboxylic acids is 2. The number of hydrogen-bond acceptors (Lipinski definition) is 4. The number of carbonyl (C=O) groups is 2. The van der Waals surface area contributed by atoms with E-state index in [4.69, 9.17) is 4.74 Å². The molecule has 0 saturated carbocycles. The minimum Gasteiger partial charge on any atom is -0.465 e. The van der Waals surface area contributed by atoms with Gasteiger partial charge in [0.15, 0.2) is 0 Å². The van der Waals surface area contributed by atoms with Crippen LogP contribution in [0.4, 0.5) is 35.5 Å². The second kappa shape index (κ2) is 12.6. The second-order valence-corrected chi connectivity index (χ2v) is 13.2. The molecule has 0 spiro atoms. The second-order valence-electron chi connectivity index (χ2n) is 13.2. The van der Waals surface area contributed by atoms with Gasteiger partial charge < -0.3 is 9.47 Å². The van der Waals surface area contributed by atoms with Gasteiger partial charge in [-0.1, -0.05) is 37.6 Å². The lowest BCUT2D eigenvalue weighted by atomic mass is 9.72.